The second-order valence-electron chi connectivity index (χ2n) is 3.14. The fraction of sp³-hybridized carbons (Fsp3) is 0.625. The van der Waals surface area contributed by atoms with Crippen LogP contribution in [0.5, 0.6) is 0 Å². The van der Waals surface area contributed by atoms with E-state index in [-0.39, 0.29) is 24.8 Å². The van der Waals surface area contributed by atoms with E-state index in [4.69, 9.17) is 5.73 Å². The number of likely N-dealkylation sites (N-methyl/N-ethyl adjacent to an activating group) is 1. The molecular formula is C8H13N3O3. The first-order chi connectivity index (χ1) is 6.56. The highest BCUT2D eigenvalue weighted by Gasteiger charge is 2.32. The molecule has 3 amide bonds. The Morgan fingerprint density at radius 2 is 2.29 bits per heavy atom. The maximum Gasteiger partial charge on any atom is 0.246 e. The van der Waals surface area contributed by atoms with Gasteiger partial charge in [-0.15, -0.1) is 0 Å². The average molecular weight is 199 g/mol. The molecule has 6 heteroatoms. The summed E-state index contributed by atoms with van der Waals surface area (Å²) in [5.74, 6) is -1.18. The summed E-state index contributed by atoms with van der Waals surface area (Å²) < 4.78 is 0. The number of nitrogens with zero attached hydrogens (tertiary/aromatic N) is 1. The number of carbonyl (C=O) groups is 3. The molecule has 78 valence electrons. The Labute approximate surface area is 81.4 Å². The van der Waals surface area contributed by atoms with Crippen molar-refractivity contribution in [2.45, 2.75) is 18.9 Å². The van der Waals surface area contributed by atoms with Crippen molar-refractivity contribution in [3.63, 3.8) is 0 Å². The fourth-order valence-corrected chi connectivity index (χ4v) is 1.25. The first-order valence-corrected chi connectivity index (χ1v) is 4.36. The number of nitrogens with one attached hydrogen (secondary N) is 1. The largest absolute Gasteiger partial charge is 0.358 e. The third-order valence-electron chi connectivity index (χ3n) is 2.13. The van der Waals surface area contributed by atoms with Crippen LogP contribution in [-0.2, 0) is 14.4 Å². The number of hydrogen-bond donors (Lipinski definition) is 2. The first kappa shape index (κ1) is 10.6. The molecule has 0 bridgehead atoms. The lowest BCUT2D eigenvalue weighted by atomic mass is 10.1. The van der Waals surface area contributed by atoms with Crippen LogP contribution in [0.2, 0.25) is 0 Å². The van der Waals surface area contributed by atoms with Gasteiger partial charge in [0.05, 0.1) is 6.04 Å². The Balaban J connectivity index is 2.68. The molecule has 0 aliphatic carbocycles. The molecule has 0 aromatic rings. The molecule has 3 N–H and O–H groups in total. The van der Waals surface area contributed by atoms with Crippen molar-refractivity contribution < 1.29 is 14.4 Å². The molecule has 14 heavy (non-hydrogen) atoms. The van der Waals surface area contributed by atoms with E-state index in [9.17, 15) is 14.4 Å². The van der Waals surface area contributed by atoms with Gasteiger partial charge in [0.25, 0.3) is 0 Å². The van der Waals surface area contributed by atoms with Crippen LogP contribution in [-0.4, -0.2) is 42.3 Å². The maximum atomic E-state index is 11.4. The van der Waals surface area contributed by atoms with E-state index in [0.717, 1.165) is 4.90 Å². The quantitative estimate of drug-likeness (QED) is 0.514. The van der Waals surface area contributed by atoms with Crippen molar-refractivity contribution in [1.82, 2.24) is 10.2 Å². The van der Waals surface area contributed by atoms with Gasteiger partial charge < -0.3 is 11.1 Å². The molecule has 1 rings (SSSR count). The molecule has 1 aliphatic heterocycles. The zero-order chi connectivity index (χ0) is 10.7. The second-order valence-corrected chi connectivity index (χ2v) is 3.14. The van der Waals surface area contributed by atoms with Crippen molar-refractivity contribution in [3.05, 3.63) is 0 Å². The minimum absolute atomic E-state index is 0.226. The van der Waals surface area contributed by atoms with Gasteiger partial charge in [0.1, 0.15) is 6.54 Å². The minimum atomic E-state index is -0.655. The highest BCUT2D eigenvalue weighted by atomic mass is 16.2. The predicted octanol–water partition coefficient (Wildman–Crippen LogP) is -1.79. The molecule has 1 atom stereocenters. The zero-order valence-corrected chi connectivity index (χ0v) is 7.95. The van der Waals surface area contributed by atoms with E-state index < -0.39 is 11.9 Å². The summed E-state index contributed by atoms with van der Waals surface area (Å²) >= 11 is 0. The van der Waals surface area contributed by atoms with Crippen molar-refractivity contribution in [2.75, 3.05) is 13.6 Å². The van der Waals surface area contributed by atoms with Crippen LogP contribution in [0.4, 0.5) is 0 Å². The third-order valence-corrected chi connectivity index (χ3v) is 2.13. The van der Waals surface area contributed by atoms with Crippen LogP contribution in [0.15, 0.2) is 0 Å². The van der Waals surface area contributed by atoms with E-state index in [0.29, 0.717) is 6.42 Å². The smallest absolute Gasteiger partial charge is 0.246 e. The van der Waals surface area contributed by atoms with Crippen molar-refractivity contribution in [1.29, 1.82) is 0 Å². The molecule has 6 nitrogen and oxygen atoms in total. The summed E-state index contributed by atoms with van der Waals surface area (Å²) in [6.45, 7) is -0.234. The van der Waals surface area contributed by atoms with Gasteiger partial charge in [-0.25, -0.2) is 0 Å². The standard InChI is InChI=1S/C8H13N3O3/c1-10-6(12)4-11-7(13)3-2-5(9)8(11)14/h5H,2-4,9H2,1H3,(H,10,12). The number of amides is 3. The lowest BCUT2D eigenvalue weighted by Gasteiger charge is -2.27. The van der Waals surface area contributed by atoms with Gasteiger partial charge in [-0.3, -0.25) is 19.3 Å². The molecule has 1 aliphatic rings. The van der Waals surface area contributed by atoms with Gasteiger partial charge in [-0.1, -0.05) is 0 Å². The SMILES string of the molecule is CNC(=O)CN1C(=O)CCC(N)C1=O. The molecule has 1 fully saturated rings. The Hall–Kier alpha value is -1.43. The monoisotopic (exact) mass is 199 g/mol. The summed E-state index contributed by atoms with van der Waals surface area (Å²) in [5.41, 5.74) is 5.47. The van der Waals surface area contributed by atoms with Crippen molar-refractivity contribution in [3.8, 4) is 0 Å². The second kappa shape index (κ2) is 4.19. The lowest BCUT2D eigenvalue weighted by molar-refractivity contribution is -0.151. The molecule has 0 radical (unpaired) electrons. The highest BCUT2D eigenvalue weighted by molar-refractivity contribution is 6.02. The van der Waals surface area contributed by atoms with Crippen LogP contribution >= 0.6 is 0 Å². The van der Waals surface area contributed by atoms with Gasteiger partial charge in [0.15, 0.2) is 0 Å². The molecule has 0 aromatic carbocycles. The van der Waals surface area contributed by atoms with E-state index in [1.165, 1.54) is 7.05 Å². The summed E-state index contributed by atoms with van der Waals surface area (Å²) in [6.07, 6.45) is 0.589. The number of likely N-dealkylation sites (tertiary alicyclic amines) is 1. The Morgan fingerprint density at radius 3 is 2.86 bits per heavy atom. The van der Waals surface area contributed by atoms with E-state index in [1.54, 1.807) is 0 Å². The van der Waals surface area contributed by atoms with E-state index >= 15 is 0 Å². The average Bonchev–Trinajstić information content (AvgIpc) is 2.18. The zero-order valence-electron chi connectivity index (χ0n) is 7.95. The Morgan fingerprint density at radius 1 is 1.64 bits per heavy atom. The number of hydrogen-bond acceptors (Lipinski definition) is 4. The molecule has 1 heterocycles. The summed E-state index contributed by atoms with van der Waals surface area (Å²) in [5, 5.41) is 2.34. The lowest BCUT2D eigenvalue weighted by Crippen LogP contribution is -2.53. The van der Waals surface area contributed by atoms with Crippen LogP contribution < -0.4 is 11.1 Å². The van der Waals surface area contributed by atoms with Gasteiger partial charge in [0, 0.05) is 13.5 Å². The predicted molar refractivity (Wildman–Crippen MR) is 48.0 cm³/mol. The van der Waals surface area contributed by atoms with Gasteiger partial charge in [0.2, 0.25) is 17.7 Å². The third kappa shape index (κ3) is 2.08. The molecule has 0 spiro atoms. The van der Waals surface area contributed by atoms with E-state index in [2.05, 4.69) is 5.32 Å². The number of rotatable bonds is 2. The first-order valence-electron chi connectivity index (χ1n) is 4.36. The minimum Gasteiger partial charge on any atom is -0.358 e. The van der Waals surface area contributed by atoms with Crippen LogP contribution in [0.1, 0.15) is 12.8 Å². The summed E-state index contributed by atoms with van der Waals surface area (Å²) in [4.78, 5) is 34.5. The number of carbonyl (C=O) groups excluding carboxylic acids is 3. The Bertz CT molecular complexity index is 277. The molecule has 1 saturated heterocycles. The number of nitrogens with two attached hydrogens (primary N) is 1. The van der Waals surface area contributed by atoms with Crippen molar-refractivity contribution >= 4 is 17.7 Å². The van der Waals surface area contributed by atoms with Crippen LogP contribution in [0.3, 0.4) is 0 Å². The summed E-state index contributed by atoms with van der Waals surface area (Å²) in [7, 11) is 1.45. The summed E-state index contributed by atoms with van der Waals surface area (Å²) in [6, 6.07) is -0.655. The molecule has 0 saturated carbocycles. The van der Waals surface area contributed by atoms with Crippen LogP contribution in [0.25, 0.3) is 0 Å². The van der Waals surface area contributed by atoms with E-state index in [1.807, 2.05) is 0 Å². The number of imide groups is 1. The van der Waals surface area contributed by atoms with Crippen LogP contribution in [0, 0.1) is 0 Å². The van der Waals surface area contributed by atoms with Gasteiger partial charge >= 0.3 is 0 Å². The molecular weight excluding hydrogens is 186 g/mol. The number of piperidine rings is 1. The topological polar surface area (TPSA) is 92.5 Å². The molecule has 0 aromatic heterocycles. The van der Waals surface area contributed by atoms with Gasteiger partial charge in [-0.2, -0.15) is 0 Å². The highest BCUT2D eigenvalue weighted by Crippen LogP contribution is 2.10. The molecule has 1 unspecified atom stereocenters. The fourth-order valence-electron chi connectivity index (χ4n) is 1.25. The van der Waals surface area contributed by atoms with Gasteiger partial charge in [-0.05, 0) is 6.42 Å². The Kier molecular flexibility index (Phi) is 3.19. The normalized spacial score (nSPS) is 22.4. The maximum absolute atomic E-state index is 11.4. The van der Waals surface area contributed by atoms with Crippen molar-refractivity contribution in [2.24, 2.45) is 5.73 Å².